The van der Waals surface area contributed by atoms with Crippen LogP contribution in [-0.2, 0) is 4.79 Å². The Morgan fingerprint density at radius 3 is 2.52 bits per heavy atom. The Bertz CT molecular complexity index is 970. The third kappa shape index (κ3) is 4.40. The van der Waals surface area contributed by atoms with Crippen LogP contribution in [0.3, 0.4) is 0 Å². The Morgan fingerprint density at radius 2 is 1.93 bits per heavy atom. The maximum Gasteiger partial charge on any atom is 0.343 e. The van der Waals surface area contributed by atoms with Gasteiger partial charge in [0.25, 0.3) is 5.91 Å². The Morgan fingerprint density at radius 1 is 1.22 bits per heavy atom. The smallest absolute Gasteiger partial charge is 0.343 e. The van der Waals surface area contributed by atoms with Crippen molar-refractivity contribution in [2.45, 2.75) is 6.92 Å². The summed E-state index contributed by atoms with van der Waals surface area (Å²) in [5.74, 6) is -0.133. The number of nitrogens with one attached hydrogen (secondary N) is 1. The van der Waals surface area contributed by atoms with E-state index in [4.69, 9.17) is 21.7 Å². The van der Waals surface area contributed by atoms with Crippen molar-refractivity contribution in [1.82, 2.24) is 5.32 Å². The van der Waals surface area contributed by atoms with Crippen LogP contribution < -0.4 is 14.8 Å². The van der Waals surface area contributed by atoms with Crippen LogP contribution in [0.2, 0.25) is 0 Å². The summed E-state index contributed by atoms with van der Waals surface area (Å²) in [6.45, 7) is 1.94. The van der Waals surface area contributed by atoms with Gasteiger partial charge in [-0.25, -0.2) is 4.79 Å². The van der Waals surface area contributed by atoms with Crippen molar-refractivity contribution in [2.75, 3.05) is 7.11 Å². The van der Waals surface area contributed by atoms with Crippen LogP contribution in [0, 0.1) is 6.92 Å². The van der Waals surface area contributed by atoms with Crippen LogP contribution in [0.1, 0.15) is 21.5 Å². The molecule has 1 N–H and O–H groups in total. The number of ether oxygens (including phenoxy) is 2. The molecule has 0 unspecified atom stereocenters. The lowest BCUT2D eigenvalue weighted by molar-refractivity contribution is -0.115. The summed E-state index contributed by atoms with van der Waals surface area (Å²) in [4.78, 5) is 24.8. The molecule has 8 heteroatoms. The molecule has 1 heterocycles. The molecule has 2 aromatic rings. The molecule has 5 nitrogen and oxygen atoms in total. The van der Waals surface area contributed by atoms with E-state index in [1.54, 1.807) is 30.3 Å². The van der Waals surface area contributed by atoms with Gasteiger partial charge in [-0.3, -0.25) is 4.79 Å². The van der Waals surface area contributed by atoms with E-state index in [0.717, 1.165) is 5.56 Å². The lowest BCUT2D eigenvalue weighted by Crippen LogP contribution is -2.17. The quantitative estimate of drug-likeness (QED) is 0.312. The highest BCUT2D eigenvalue weighted by Gasteiger charge is 2.24. The number of esters is 1. The molecule has 0 bridgehead atoms. The molecule has 0 aliphatic carbocycles. The second-order valence-corrected chi connectivity index (χ2v) is 8.12. The largest absolute Gasteiger partial charge is 0.493 e. The van der Waals surface area contributed by atoms with Crippen LogP contribution >= 0.6 is 39.9 Å². The van der Waals surface area contributed by atoms with Gasteiger partial charge in [-0.15, -0.1) is 0 Å². The molecule has 0 saturated carbocycles. The maximum atomic E-state index is 12.5. The molecule has 2 aromatic carbocycles. The Hall–Kier alpha value is -2.16. The number of carbonyl (C=O) groups excluding carboxylic acids is 2. The lowest BCUT2D eigenvalue weighted by Gasteiger charge is -2.13. The number of carbonyl (C=O) groups is 2. The highest BCUT2D eigenvalue weighted by atomic mass is 79.9. The van der Waals surface area contributed by atoms with Gasteiger partial charge in [0.15, 0.2) is 11.5 Å². The predicted molar refractivity (Wildman–Crippen MR) is 113 cm³/mol. The minimum Gasteiger partial charge on any atom is -0.493 e. The third-order valence-electron chi connectivity index (χ3n) is 3.72. The molecule has 0 atom stereocenters. The second kappa shape index (κ2) is 8.24. The van der Waals surface area contributed by atoms with Crippen LogP contribution in [0.15, 0.2) is 45.8 Å². The molecule has 27 heavy (non-hydrogen) atoms. The first-order valence-corrected chi connectivity index (χ1v) is 9.81. The number of halogens is 1. The van der Waals surface area contributed by atoms with Gasteiger partial charge >= 0.3 is 5.97 Å². The molecule has 1 fully saturated rings. The number of aryl methyl sites for hydroxylation is 1. The zero-order valence-electron chi connectivity index (χ0n) is 14.4. The van der Waals surface area contributed by atoms with E-state index in [9.17, 15) is 9.59 Å². The fourth-order valence-corrected chi connectivity index (χ4v) is 3.88. The fraction of sp³-hybridized carbons (Fsp3) is 0.105. The summed E-state index contributed by atoms with van der Waals surface area (Å²) in [5, 5.41) is 2.56. The molecule has 1 aliphatic rings. The molecular weight excluding hydrogens is 450 g/mol. The van der Waals surface area contributed by atoms with Gasteiger partial charge < -0.3 is 14.8 Å². The molecule has 1 saturated heterocycles. The Labute approximate surface area is 174 Å². The molecule has 3 rings (SSSR count). The summed E-state index contributed by atoms with van der Waals surface area (Å²) in [5.41, 5.74) is 2.13. The van der Waals surface area contributed by atoms with Crippen molar-refractivity contribution < 1.29 is 19.1 Å². The average Bonchev–Trinajstić information content (AvgIpc) is 2.96. The minimum atomic E-state index is -0.507. The molecule has 1 amide bonds. The van der Waals surface area contributed by atoms with E-state index in [2.05, 4.69) is 21.2 Å². The monoisotopic (exact) mass is 463 g/mol. The number of methoxy groups -OCH3 is 1. The van der Waals surface area contributed by atoms with E-state index in [1.165, 1.54) is 18.9 Å². The van der Waals surface area contributed by atoms with Gasteiger partial charge in [0, 0.05) is 0 Å². The van der Waals surface area contributed by atoms with Gasteiger partial charge in [-0.1, -0.05) is 41.7 Å². The zero-order valence-corrected chi connectivity index (χ0v) is 17.6. The summed E-state index contributed by atoms with van der Waals surface area (Å²) in [6.07, 6.45) is 1.67. The number of benzene rings is 2. The average molecular weight is 464 g/mol. The van der Waals surface area contributed by atoms with Gasteiger partial charge in [-0.05, 0) is 58.8 Å². The summed E-state index contributed by atoms with van der Waals surface area (Å²) in [6, 6.07) is 10.5. The van der Waals surface area contributed by atoms with Crippen LogP contribution in [0.25, 0.3) is 6.08 Å². The fourth-order valence-electron chi connectivity index (χ4n) is 2.32. The van der Waals surface area contributed by atoms with Crippen molar-refractivity contribution in [3.63, 3.8) is 0 Å². The number of hydrogen-bond donors (Lipinski definition) is 1. The van der Waals surface area contributed by atoms with E-state index >= 15 is 0 Å². The summed E-state index contributed by atoms with van der Waals surface area (Å²) >= 11 is 9.63. The topological polar surface area (TPSA) is 64.6 Å². The molecule has 138 valence electrons. The molecule has 0 aromatic heterocycles. The van der Waals surface area contributed by atoms with Gasteiger partial charge in [0.05, 0.1) is 22.1 Å². The number of thiocarbonyl (C=S) groups is 1. The first-order valence-electron chi connectivity index (χ1n) is 7.79. The SMILES string of the molecule is COc1ccc(C=C2SC(=S)NC2=O)c(Br)c1OC(=O)c1ccc(C)cc1. The predicted octanol–water partition coefficient (Wildman–Crippen LogP) is 4.47. The summed E-state index contributed by atoms with van der Waals surface area (Å²) < 4.78 is 11.8. The number of rotatable bonds is 4. The third-order valence-corrected chi connectivity index (χ3v) is 5.70. The van der Waals surface area contributed by atoms with Gasteiger partial charge in [-0.2, -0.15) is 0 Å². The van der Waals surface area contributed by atoms with E-state index in [0.29, 0.717) is 30.6 Å². The first-order chi connectivity index (χ1) is 12.9. The van der Waals surface area contributed by atoms with E-state index < -0.39 is 5.97 Å². The maximum absolute atomic E-state index is 12.5. The molecular formula is C19H14BrNO4S2. The van der Waals surface area contributed by atoms with Crippen molar-refractivity contribution in [2.24, 2.45) is 0 Å². The molecule has 1 aliphatic heterocycles. The highest BCUT2D eigenvalue weighted by molar-refractivity contribution is 9.10. The first kappa shape index (κ1) is 19.6. The van der Waals surface area contributed by atoms with Crippen molar-refractivity contribution >= 4 is 62.2 Å². The lowest BCUT2D eigenvalue weighted by atomic mass is 10.1. The van der Waals surface area contributed by atoms with Crippen LogP contribution in [0.5, 0.6) is 11.5 Å². The highest BCUT2D eigenvalue weighted by Crippen LogP contribution is 2.40. The zero-order chi connectivity index (χ0) is 19.6. The number of amides is 1. The Balaban J connectivity index is 1.95. The number of thioether (sulfide) groups is 1. The standard InChI is InChI=1S/C19H14BrNO4S2/c1-10-3-5-11(6-4-10)18(23)25-16-13(24-2)8-7-12(15(16)20)9-14-17(22)21-19(26)27-14/h3-9H,1-2H3,(H,21,22,26). The van der Waals surface area contributed by atoms with Crippen LogP contribution in [0.4, 0.5) is 0 Å². The normalized spacial score (nSPS) is 15.0. The van der Waals surface area contributed by atoms with E-state index in [-0.39, 0.29) is 11.7 Å². The van der Waals surface area contributed by atoms with Crippen molar-refractivity contribution in [3.05, 3.63) is 62.5 Å². The van der Waals surface area contributed by atoms with Crippen molar-refractivity contribution in [3.8, 4) is 11.5 Å². The molecule has 0 spiro atoms. The van der Waals surface area contributed by atoms with Crippen molar-refractivity contribution in [1.29, 1.82) is 0 Å². The summed E-state index contributed by atoms with van der Waals surface area (Å²) in [7, 11) is 1.49. The van der Waals surface area contributed by atoms with Gasteiger partial charge in [0.1, 0.15) is 4.32 Å². The van der Waals surface area contributed by atoms with Gasteiger partial charge in [0.2, 0.25) is 0 Å². The minimum absolute atomic E-state index is 0.239. The number of hydrogen-bond acceptors (Lipinski definition) is 6. The Kier molecular flexibility index (Phi) is 5.98. The second-order valence-electron chi connectivity index (χ2n) is 5.61. The van der Waals surface area contributed by atoms with Crippen LogP contribution in [-0.4, -0.2) is 23.3 Å². The molecule has 0 radical (unpaired) electrons. The van der Waals surface area contributed by atoms with E-state index in [1.807, 2.05) is 19.1 Å².